The molecule has 15 aromatic rings. The molecule has 137 heavy (non-hydrogen) atoms. The minimum absolute atomic E-state index is 0. The molecule has 0 saturated heterocycles. The second-order valence-electron chi connectivity index (χ2n) is 30.2. The third kappa shape index (κ3) is 35.5. The number of nitrogens with zero attached hydrogens (tertiary/aromatic N) is 12. The number of aldehydes is 1. The summed E-state index contributed by atoms with van der Waals surface area (Å²) < 4.78 is 63.1. The maximum atomic E-state index is 11.9. The predicted octanol–water partition coefficient (Wildman–Crippen LogP) is 16.4. The van der Waals surface area contributed by atoms with Gasteiger partial charge in [-0.25, -0.2) is 45.2 Å². The average molecular weight is 1940 g/mol. The summed E-state index contributed by atoms with van der Waals surface area (Å²) in [6.45, 7) is 14.2. The Morgan fingerprint density at radius 3 is 1.30 bits per heavy atom. The van der Waals surface area contributed by atoms with E-state index in [-0.39, 0.29) is 71.5 Å². The van der Waals surface area contributed by atoms with Gasteiger partial charge in [-0.15, -0.1) is 12.4 Å². The summed E-state index contributed by atoms with van der Waals surface area (Å²) >= 11 is -1.44. The fourth-order valence-electron chi connectivity index (χ4n) is 12.3. The molecule has 0 amide bonds. The van der Waals surface area contributed by atoms with Crippen LogP contribution >= 0.6 is 12.4 Å². The number of halogens is 1. The monoisotopic (exact) mass is 1940 g/mol. The van der Waals surface area contributed by atoms with Crippen molar-refractivity contribution in [1.29, 1.82) is 0 Å². The quantitative estimate of drug-likeness (QED) is 0.00404. The summed E-state index contributed by atoms with van der Waals surface area (Å²) in [6.07, 6.45) is 16.8. The number of imidazole rings is 1. The number of nitrogen functional groups attached to an aromatic ring is 3. The maximum absolute atomic E-state index is 11.9. The number of carbonyl (C=O) groups excluding carboxylic acids is 6. The summed E-state index contributed by atoms with van der Waals surface area (Å²) in [5.74, 6) is 5.72. The zero-order chi connectivity index (χ0) is 100. The summed E-state index contributed by atoms with van der Waals surface area (Å²) in [4.78, 5) is 92.5. The predicted molar refractivity (Wildman–Crippen MR) is 516 cm³/mol. The Labute approximate surface area is 804 Å². The van der Waals surface area contributed by atoms with E-state index >= 15 is 0 Å². The molecular formula is C98H112ClMnN17O20. The van der Waals surface area contributed by atoms with Crippen LogP contribution in [0, 0.1) is 0 Å². The molecule has 8 aromatic carbocycles. The van der Waals surface area contributed by atoms with Crippen molar-refractivity contribution < 1.29 is 108 Å². The van der Waals surface area contributed by atoms with Crippen molar-refractivity contribution in [2.24, 2.45) is 5.90 Å². The fourth-order valence-corrected chi connectivity index (χ4v) is 12.3. The van der Waals surface area contributed by atoms with Crippen LogP contribution in [0.5, 0.6) is 0 Å². The molecule has 7 heterocycles. The van der Waals surface area contributed by atoms with Gasteiger partial charge in [-0.2, -0.15) is 0 Å². The van der Waals surface area contributed by atoms with Crippen LogP contribution in [0.2, 0.25) is 0 Å². The third-order valence-corrected chi connectivity index (χ3v) is 18.1. The Morgan fingerprint density at radius 1 is 0.496 bits per heavy atom. The number of Topliss-reactive ketones (excluding diaryl/α,β-unsaturated/α-hetero) is 1. The average Bonchev–Trinajstić information content (AvgIpc) is 1.59. The van der Waals surface area contributed by atoms with Crippen LogP contribution in [0.15, 0.2) is 286 Å². The van der Waals surface area contributed by atoms with Crippen molar-refractivity contribution in [2.45, 2.75) is 72.6 Å². The number of aliphatic hydroxyl groups excluding tert-OH is 2. The SMILES string of the molecule is CC(C)(C)Nc1ccc(-c2cnc(N)nc2)cc1N.CC(C)(C)n1c(-c2ccccc2-c2ccno2)nc2cc(-c3cnc(N)nc3)ccc21.CO.COC(=O)c1ccccc1-c1ccno1.COC(=O)c1ccccc1C(=O)/C=C/N(C)C.COC(=O)c1ccccc1C(C)=O.COC(OC)N(C)C.Cl.NO.O=Cc1ccccc1-c1ccno1.OCc1ccccc1-c1ccno1.[O]=[Mn]=[O]. The molecular weight excluding hydrogens is 1830 g/mol. The van der Waals surface area contributed by atoms with E-state index in [1.165, 1.54) is 40.5 Å². The van der Waals surface area contributed by atoms with Gasteiger partial charge in [0.1, 0.15) is 5.82 Å². The van der Waals surface area contributed by atoms with Crippen molar-refractivity contribution in [3.8, 4) is 78.9 Å². The fraction of sp³-hybridized carbons (Fsp3) is 0.214. The molecule has 0 saturated carbocycles. The minimum atomic E-state index is -1.44. The Morgan fingerprint density at radius 2 is 0.883 bits per heavy atom. The first-order valence-electron chi connectivity index (χ1n) is 40.9. The van der Waals surface area contributed by atoms with Gasteiger partial charge in [-0.3, -0.25) is 19.3 Å². The molecule has 0 aliphatic carbocycles. The van der Waals surface area contributed by atoms with Gasteiger partial charge < -0.3 is 89.2 Å². The van der Waals surface area contributed by atoms with E-state index in [1.54, 1.807) is 160 Å². The van der Waals surface area contributed by atoms with Gasteiger partial charge in [0, 0.05) is 163 Å². The Hall–Kier alpha value is -15.5. The van der Waals surface area contributed by atoms with E-state index in [9.17, 15) is 28.8 Å². The summed E-state index contributed by atoms with van der Waals surface area (Å²) in [7, 11) is 15.5. The normalized spacial score (nSPS) is 10.2. The number of rotatable bonds is 20. The van der Waals surface area contributed by atoms with Crippen molar-refractivity contribution >= 4 is 82.5 Å². The van der Waals surface area contributed by atoms with Crippen LogP contribution in [0.4, 0.5) is 23.3 Å². The van der Waals surface area contributed by atoms with Gasteiger partial charge in [0.25, 0.3) is 0 Å². The molecule has 12 N–H and O–H groups in total. The van der Waals surface area contributed by atoms with Crippen LogP contribution in [-0.4, -0.2) is 194 Å². The van der Waals surface area contributed by atoms with Crippen LogP contribution in [-0.2, 0) is 58.3 Å². The topological polar surface area (TPSA) is 539 Å². The number of aromatic nitrogens is 10. The third-order valence-electron chi connectivity index (χ3n) is 18.1. The van der Waals surface area contributed by atoms with Gasteiger partial charge in [0.2, 0.25) is 18.3 Å². The molecule has 0 fully saturated rings. The molecule has 39 heteroatoms. The molecule has 0 spiro atoms. The van der Waals surface area contributed by atoms with E-state index in [1.807, 2.05) is 124 Å². The molecule has 0 unspecified atom stereocenters. The number of nitrogens with two attached hydrogens (primary N) is 4. The Bertz CT molecular complexity index is 6240. The number of anilines is 4. The summed E-state index contributed by atoms with van der Waals surface area (Å²) in [6, 6.07) is 62.2. The number of carbonyl (C=O) groups is 6. The first kappa shape index (κ1) is 114. The summed E-state index contributed by atoms with van der Waals surface area (Å²) in [5, 5.41) is 40.6. The molecule has 7 aromatic heterocycles. The van der Waals surface area contributed by atoms with Gasteiger partial charge in [0.05, 0.1) is 91.8 Å². The molecule has 0 bridgehead atoms. The Balaban J connectivity index is 0.000000332. The van der Waals surface area contributed by atoms with Crippen molar-refractivity contribution in [3.05, 3.63) is 307 Å². The number of hydrogen-bond acceptors (Lipinski definition) is 36. The molecule has 0 aliphatic heterocycles. The zero-order valence-electron chi connectivity index (χ0n) is 78.5. The molecule has 0 aliphatic rings. The molecule has 723 valence electrons. The van der Waals surface area contributed by atoms with Crippen LogP contribution in [0.3, 0.4) is 0 Å². The second kappa shape index (κ2) is 59.2. The van der Waals surface area contributed by atoms with Crippen molar-refractivity contribution in [2.75, 3.05) is 93.4 Å². The number of hydrogen-bond donors (Lipinski definition) is 8. The van der Waals surface area contributed by atoms with Crippen LogP contribution in [0.1, 0.15) is 116 Å². The molecule has 37 nitrogen and oxygen atoms in total. The molecule has 15 rings (SSSR count). The first-order chi connectivity index (χ1) is 65.3. The number of ether oxygens (including phenoxy) is 5. The Kier molecular flexibility index (Phi) is 49.2. The number of aliphatic hydroxyl groups is 2. The number of allylic oxidation sites excluding steroid dienone is 1. The molecule has 0 radical (unpaired) electrons. The van der Waals surface area contributed by atoms with Gasteiger partial charge in [-0.1, -0.05) is 160 Å². The van der Waals surface area contributed by atoms with E-state index in [4.69, 9.17) is 72.8 Å². The second-order valence-corrected chi connectivity index (χ2v) is 30.4. The number of benzene rings is 8. The van der Waals surface area contributed by atoms with Crippen LogP contribution < -0.4 is 28.4 Å². The van der Waals surface area contributed by atoms with Gasteiger partial charge in [-0.05, 0) is 122 Å². The number of fused-ring (bicyclic) bond motifs is 1. The number of methoxy groups -OCH3 is 5. The van der Waals surface area contributed by atoms with Gasteiger partial charge in [0.15, 0.2) is 40.9 Å². The number of esters is 3. The molecule has 0 atom stereocenters. The van der Waals surface area contributed by atoms with Gasteiger partial charge >= 0.3 is 40.4 Å². The van der Waals surface area contributed by atoms with Crippen molar-refractivity contribution in [1.82, 2.24) is 59.9 Å². The van der Waals surface area contributed by atoms with E-state index in [2.05, 4.69) is 136 Å². The first-order valence-corrected chi connectivity index (χ1v) is 41.8. The standard InChI is InChI=1S/C24H22N6O.C14H19N5.C13H15NO3.C11H9NO3.C10H9NO2.C10H7NO2.C10H10O3.C5H13NO2.CH4O.ClH.Mn.H3NO.2O/c1-24(2,3)30-20-9-8-15(16-13-26-23(25)27-14-16)12-19(20)29-22(30)18-7-5-4-6-17(18)21-10-11-28-31-21;1-14(2,3)19-12-5-4-9(6-11(12)15)10-7-17-13(16)18-8-10;1-14(2)9-8-12(15)10-6-4-5-7-11(10)13(16)17-3;1-14-11(13)9-5-3-2-4-8(9)10-6-7-12-15-10;2*12-7-8-3-1-2-4-9(8)10-5-6-11-13-10;1-7(11)8-5-3-4-6-9(8)10(12)13-2;1-6(2)5(7-3)8-4;1-2;;;1-2;;/h4-14H,1-3H3,(H2,25,26,27);4-8,19H,15H2,1-3H3,(H2,16,17,18);4-9H,1-3H3;2-7H,1H3;1-6,12H,7H2;1-7H;3-6H,1-2H3;5H,1-4H3;2H,1H3;1H;;2H,1H2;;/b;;9-8+;;;;;;;;;;;. The van der Waals surface area contributed by atoms with E-state index in [0.717, 1.165) is 86.0 Å². The van der Waals surface area contributed by atoms with Crippen LogP contribution in [0.25, 0.3) is 90.0 Å². The zero-order valence-corrected chi connectivity index (χ0v) is 80.5. The number of ketones is 2. The van der Waals surface area contributed by atoms with Crippen molar-refractivity contribution in [3.63, 3.8) is 0 Å². The van der Waals surface area contributed by atoms with E-state index < -0.39 is 26.8 Å². The summed E-state index contributed by atoms with van der Waals surface area (Å²) in [5.41, 5.74) is 31.8. The number of nitrogens with one attached hydrogen (secondary N) is 1. The van der Waals surface area contributed by atoms with E-state index in [0.29, 0.717) is 62.1 Å².